The molecule has 1 saturated heterocycles. The second-order valence-electron chi connectivity index (χ2n) is 6.71. The number of anilines is 1. The molecule has 2 atom stereocenters. The van der Waals surface area contributed by atoms with E-state index in [0.717, 1.165) is 53.0 Å². The lowest BCUT2D eigenvalue weighted by molar-refractivity contribution is -0.149. The molecule has 1 aliphatic heterocycles. The van der Waals surface area contributed by atoms with Gasteiger partial charge in [0.25, 0.3) is 0 Å². The third-order valence-corrected chi connectivity index (χ3v) is 6.53. The summed E-state index contributed by atoms with van der Waals surface area (Å²) in [4.78, 5) is 13.9. The topological polar surface area (TPSA) is 66.3 Å². The minimum absolute atomic E-state index is 0.235. The van der Waals surface area contributed by atoms with Crippen molar-refractivity contribution < 1.29 is 9.90 Å². The zero-order chi connectivity index (χ0) is 16.7. The molecule has 1 aromatic heterocycles. The van der Waals surface area contributed by atoms with Crippen molar-refractivity contribution in [2.75, 3.05) is 18.0 Å². The number of carboxylic acids is 1. The van der Waals surface area contributed by atoms with Gasteiger partial charge in [-0.25, -0.2) is 0 Å². The van der Waals surface area contributed by atoms with Gasteiger partial charge in [-0.2, -0.15) is 0 Å². The lowest BCUT2D eigenvalue weighted by atomic mass is 9.81. The van der Waals surface area contributed by atoms with E-state index in [1.165, 1.54) is 0 Å². The average molecular weight is 364 g/mol. The zero-order valence-corrected chi connectivity index (χ0v) is 14.7. The Morgan fingerprint density at radius 3 is 2.88 bits per heavy atom. The molecule has 0 bridgehead atoms. The number of benzene rings is 1. The molecule has 126 valence electrons. The number of aromatic nitrogens is 2. The fourth-order valence-corrected chi connectivity index (χ4v) is 5.01. The second kappa shape index (κ2) is 6.01. The maximum atomic E-state index is 11.8. The fourth-order valence-electron chi connectivity index (χ4n) is 4.01. The highest BCUT2D eigenvalue weighted by atomic mass is 35.5. The van der Waals surface area contributed by atoms with Crippen molar-refractivity contribution in [2.45, 2.75) is 25.7 Å². The minimum Gasteiger partial charge on any atom is -0.481 e. The van der Waals surface area contributed by atoms with E-state index in [2.05, 4.69) is 15.1 Å². The predicted molar refractivity (Wildman–Crippen MR) is 93.8 cm³/mol. The highest BCUT2D eigenvalue weighted by Gasteiger charge is 2.55. The quantitative estimate of drug-likeness (QED) is 0.900. The van der Waals surface area contributed by atoms with Gasteiger partial charge in [0.1, 0.15) is 5.01 Å². The molecule has 1 aromatic carbocycles. The molecule has 5 nitrogen and oxygen atoms in total. The molecule has 0 spiro atoms. The molecule has 0 amide bonds. The van der Waals surface area contributed by atoms with Gasteiger partial charge in [0.15, 0.2) is 0 Å². The summed E-state index contributed by atoms with van der Waals surface area (Å²) >= 11 is 7.47. The molecule has 1 aliphatic carbocycles. The first kappa shape index (κ1) is 15.8. The molecule has 2 aliphatic rings. The molecule has 2 fully saturated rings. The minimum atomic E-state index is -0.654. The molecule has 1 N–H and O–H groups in total. The van der Waals surface area contributed by atoms with E-state index >= 15 is 0 Å². The molecular formula is C17H18ClN3O2S. The molecule has 4 rings (SSSR count). The van der Waals surface area contributed by atoms with Gasteiger partial charge >= 0.3 is 5.97 Å². The van der Waals surface area contributed by atoms with E-state index in [4.69, 9.17) is 11.6 Å². The van der Waals surface area contributed by atoms with Gasteiger partial charge in [-0.15, -0.1) is 10.2 Å². The smallest absolute Gasteiger partial charge is 0.311 e. The maximum absolute atomic E-state index is 11.8. The van der Waals surface area contributed by atoms with Gasteiger partial charge in [-0.1, -0.05) is 41.5 Å². The SMILES string of the molecule is O=C(O)[C@@]12CCC[C@H]1CN(c1nnc(Cc3ccc(Cl)cc3)s1)C2. The highest BCUT2D eigenvalue weighted by molar-refractivity contribution is 7.15. The molecule has 7 heteroatoms. The summed E-state index contributed by atoms with van der Waals surface area (Å²) in [6, 6.07) is 7.72. The van der Waals surface area contributed by atoms with E-state index in [1.807, 2.05) is 24.3 Å². The lowest BCUT2D eigenvalue weighted by Gasteiger charge is -2.22. The Balaban J connectivity index is 1.49. The first-order valence-electron chi connectivity index (χ1n) is 8.12. The fraction of sp³-hybridized carbons (Fsp3) is 0.471. The van der Waals surface area contributed by atoms with Gasteiger partial charge in [-0.05, 0) is 36.5 Å². The first-order valence-corrected chi connectivity index (χ1v) is 9.31. The number of fused-ring (bicyclic) bond motifs is 1. The van der Waals surface area contributed by atoms with Crippen LogP contribution in [0.25, 0.3) is 0 Å². The Hall–Kier alpha value is -1.66. The van der Waals surface area contributed by atoms with Gasteiger partial charge in [-0.3, -0.25) is 4.79 Å². The Labute approximate surface area is 149 Å². The van der Waals surface area contributed by atoms with Crippen molar-refractivity contribution >= 4 is 34.0 Å². The van der Waals surface area contributed by atoms with Crippen molar-refractivity contribution in [3.8, 4) is 0 Å². The van der Waals surface area contributed by atoms with E-state index in [1.54, 1.807) is 11.3 Å². The number of carbonyl (C=O) groups is 1. The summed E-state index contributed by atoms with van der Waals surface area (Å²) in [5.41, 5.74) is 0.560. The van der Waals surface area contributed by atoms with Crippen LogP contribution < -0.4 is 4.90 Å². The van der Waals surface area contributed by atoms with Crippen molar-refractivity contribution in [1.82, 2.24) is 10.2 Å². The van der Waals surface area contributed by atoms with Crippen molar-refractivity contribution in [1.29, 1.82) is 0 Å². The van der Waals surface area contributed by atoms with E-state index in [9.17, 15) is 9.90 Å². The van der Waals surface area contributed by atoms with Crippen LogP contribution in [0.3, 0.4) is 0 Å². The van der Waals surface area contributed by atoms with Gasteiger partial charge in [0.2, 0.25) is 5.13 Å². The average Bonchev–Trinajstić information content (AvgIpc) is 3.22. The summed E-state index contributed by atoms with van der Waals surface area (Å²) in [6.07, 6.45) is 3.51. The van der Waals surface area contributed by atoms with Crippen LogP contribution in [0.5, 0.6) is 0 Å². The normalized spacial score (nSPS) is 25.9. The van der Waals surface area contributed by atoms with E-state index < -0.39 is 11.4 Å². The number of aliphatic carboxylic acids is 1. The zero-order valence-electron chi connectivity index (χ0n) is 13.1. The number of halogens is 1. The van der Waals surface area contributed by atoms with E-state index in [0.29, 0.717) is 6.54 Å². The number of nitrogens with zero attached hydrogens (tertiary/aromatic N) is 3. The van der Waals surface area contributed by atoms with Crippen LogP contribution in [0.1, 0.15) is 29.8 Å². The first-order chi connectivity index (χ1) is 11.6. The second-order valence-corrected chi connectivity index (χ2v) is 8.19. The van der Waals surface area contributed by atoms with Gasteiger partial charge in [0.05, 0.1) is 5.41 Å². The Bertz CT molecular complexity index is 763. The molecule has 24 heavy (non-hydrogen) atoms. The molecule has 2 aromatic rings. The largest absolute Gasteiger partial charge is 0.481 e. The summed E-state index contributed by atoms with van der Waals surface area (Å²) < 4.78 is 0. The Morgan fingerprint density at radius 2 is 2.17 bits per heavy atom. The summed E-state index contributed by atoms with van der Waals surface area (Å²) in [7, 11) is 0. The molecule has 1 saturated carbocycles. The third-order valence-electron chi connectivity index (χ3n) is 5.29. The summed E-state index contributed by atoms with van der Waals surface area (Å²) in [5, 5.41) is 20.8. The van der Waals surface area contributed by atoms with E-state index in [-0.39, 0.29) is 5.92 Å². The van der Waals surface area contributed by atoms with Crippen LogP contribution in [-0.4, -0.2) is 34.4 Å². The van der Waals surface area contributed by atoms with Crippen molar-refractivity contribution in [2.24, 2.45) is 11.3 Å². The lowest BCUT2D eigenvalue weighted by Crippen LogP contribution is -2.35. The van der Waals surface area contributed by atoms with Crippen LogP contribution in [0.2, 0.25) is 5.02 Å². The number of hydrogen-bond donors (Lipinski definition) is 1. The Morgan fingerprint density at radius 1 is 1.38 bits per heavy atom. The Kier molecular flexibility index (Phi) is 3.96. The third kappa shape index (κ3) is 2.67. The van der Waals surface area contributed by atoms with Crippen LogP contribution in [0, 0.1) is 11.3 Å². The predicted octanol–water partition coefficient (Wildman–Crippen LogP) is 3.47. The molecule has 2 heterocycles. The summed E-state index contributed by atoms with van der Waals surface area (Å²) in [5.74, 6) is -0.419. The monoisotopic (exact) mass is 363 g/mol. The van der Waals surface area contributed by atoms with Crippen LogP contribution >= 0.6 is 22.9 Å². The molecular weight excluding hydrogens is 346 g/mol. The summed E-state index contributed by atoms with van der Waals surface area (Å²) in [6.45, 7) is 1.34. The van der Waals surface area contributed by atoms with Crippen LogP contribution in [0.15, 0.2) is 24.3 Å². The number of rotatable bonds is 4. The van der Waals surface area contributed by atoms with Gasteiger partial charge in [0, 0.05) is 24.5 Å². The standard InChI is InChI=1S/C17H18ClN3O2S/c18-13-5-3-11(4-6-13)8-14-19-20-16(24-14)21-9-12-2-1-7-17(12,10-21)15(22)23/h3-6,12H,1-2,7-10H2,(H,22,23)/t12-,17+/m0/s1. The number of carboxylic acid groups (broad SMARTS) is 1. The van der Waals surface area contributed by atoms with Crippen LogP contribution in [0.4, 0.5) is 5.13 Å². The van der Waals surface area contributed by atoms with Crippen molar-refractivity contribution in [3.05, 3.63) is 39.9 Å². The van der Waals surface area contributed by atoms with Crippen molar-refractivity contribution in [3.63, 3.8) is 0 Å². The van der Waals surface area contributed by atoms with Crippen LogP contribution in [-0.2, 0) is 11.2 Å². The maximum Gasteiger partial charge on any atom is 0.311 e. The molecule has 0 radical (unpaired) electrons. The molecule has 0 unspecified atom stereocenters. The van der Waals surface area contributed by atoms with Gasteiger partial charge < -0.3 is 10.0 Å². The number of hydrogen-bond acceptors (Lipinski definition) is 5. The highest BCUT2D eigenvalue weighted by Crippen LogP contribution is 2.50.